The highest BCUT2D eigenvalue weighted by Crippen LogP contribution is 2.38. The van der Waals surface area contributed by atoms with Crippen LogP contribution in [0.25, 0.3) is 6.08 Å². The van der Waals surface area contributed by atoms with Gasteiger partial charge < -0.3 is 19.7 Å². The molecule has 0 aromatic heterocycles. The first-order valence-electron chi connectivity index (χ1n) is 8.12. The van der Waals surface area contributed by atoms with Gasteiger partial charge >= 0.3 is 13.1 Å². The van der Waals surface area contributed by atoms with E-state index in [2.05, 4.69) is 5.32 Å². The maximum Gasteiger partial charge on any atom is 0.491 e. The Bertz CT molecular complexity index is 651. The number of hydrogen-bond donors (Lipinski definition) is 2. The molecule has 5 nitrogen and oxygen atoms in total. The highest BCUT2D eigenvalue weighted by molar-refractivity contribution is 6.56. The van der Waals surface area contributed by atoms with Crippen molar-refractivity contribution in [1.82, 2.24) is 5.32 Å². The Morgan fingerprint density at radius 3 is 2.33 bits per heavy atom. The molecule has 1 aromatic carbocycles. The van der Waals surface area contributed by atoms with Crippen molar-refractivity contribution in [1.29, 1.82) is 0 Å². The predicted molar refractivity (Wildman–Crippen MR) is 96.1 cm³/mol. The van der Waals surface area contributed by atoms with Crippen LogP contribution in [0.3, 0.4) is 0 Å². The summed E-state index contributed by atoms with van der Waals surface area (Å²) in [6, 6.07) is 5.27. The maximum absolute atomic E-state index is 11.3. The van der Waals surface area contributed by atoms with Crippen molar-refractivity contribution in [2.45, 2.75) is 45.8 Å². The van der Waals surface area contributed by atoms with Crippen LogP contribution < -0.4 is 5.32 Å². The molecule has 0 saturated carbocycles. The second-order valence-corrected chi connectivity index (χ2v) is 7.16. The zero-order valence-corrected chi connectivity index (χ0v) is 15.3. The van der Waals surface area contributed by atoms with Crippen LogP contribution in [-0.4, -0.2) is 43.0 Å². The number of hydrogen-bond acceptors (Lipinski definition) is 4. The Kier molecular flexibility index (Phi) is 5.23. The van der Waals surface area contributed by atoms with Gasteiger partial charge in [0.2, 0.25) is 0 Å². The number of carboxylic acids is 1. The molecule has 1 fully saturated rings. The van der Waals surface area contributed by atoms with Crippen LogP contribution in [0.15, 0.2) is 23.7 Å². The van der Waals surface area contributed by atoms with Crippen molar-refractivity contribution in [3.8, 4) is 0 Å². The second kappa shape index (κ2) is 6.71. The van der Waals surface area contributed by atoms with Crippen LogP contribution in [0, 0.1) is 6.92 Å². The number of likely N-dealkylation sites (N-methyl/N-ethyl adjacent to an activating group) is 1. The molecule has 0 bridgehead atoms. The fourth-order valence-electron chi connectivity index (χ4n) is 2.64. The van der Waals surface area contributed by atoms with Crippen LogP contribution in [0.1, 0.15) is 49.2 Å². The monoisotopic (exact) mass is 331 g/mol. The summed E-state index contributed by atoms with van der Waals surface area (Å²) in [5, 5.41) is 12.4. The van der Waals surface area contributed by atoms with Gasteiger partial charge in [0.15, 0.2) is 0 Å². The highest BCUT2D eigenvalue weighted by atomic mass is 16.7. The molecule has 0 aliphatic carbocycles. The molecule has 0 unspecified atom stereocenters. The second-order valence-electron chi connectivity index (χ2n) is 7.16. The molecule has 1 saturated heterocycles. The molecular formula is C18H26BNO4. The molecule has 0 atom stereocenters. The normalized spacial score (nSPS) is 19.6. The summed E-state index contributed by atoms with van der Waals surface area (Å²) in [7, 11) is 1.40. The maximum atomic E-state index is 11.3. The molecule has 0 radical (unpaired) electrons. The lowest BCUT2D eigenvalue weighted by molar-refractivity contribution is 0.00578. The van der Waals surface area contributed by atoms with Gasteiger partial charge in [0.1, 0.15) is 0 Å². The van der Waals surface area contributed by atoms with Gasteiger partial charge in [-0.3, -0.25) is 0 Å². The van der Waals surface area contributed by atoms with Gasteiger partial charge in [0.25, 0.3) is 0 Å². The molecular weight excluding hydrogens is 305 g/mol. The number of benzene rings is 1. The SMILES string of the molecule is CNCC(=Cc1cccc(C(=O)O)c1C)B1OC(C)(C)C(C)(C)O1. The van der Waals surface area contributed by atoms with Gasteiger partial charge in [-0.1, -0.05) is 18.2 Å². The third-order valence-corrected chi connectivity index (χ3v) is 4.88. The van der Waals surface area contributed by atoms with Crippen molar-refractivity contribution >= 4 is 19.2 Å². The van der Waals surface area contributed by atoms with Gasteiger partial charge in [-0.25, -0.2) is 4.79 Å². The van der Waals surface area contributed by atoms with Crippen LogP contribution in [-0.2, 0) is 9.31 Å². The lowest BCUT2D eigenvalue weighted by Gasteiger charge is -2.32. The van der Waals surface area contributed by atoms with Crippen molar-refractivity contribution in [2.24, 2.45) is 0 Å². The molecule has 0 amide bonds. The lowest BCUT2D eigenvalue weighted by Crippen LogP contribution is -2.41. The van der Waals surface area contributed by atoms with Crippen molar-refractivity contribution in [3.05, 3.63) is 40.4 Å². The average Bonchev–Trinajstić information content (AvgIpc) is 2.68. The summed E-state index contributed by atoms with van der Waals surface area (Å²) < 4.78 is 12.2. The molecule has 0 spiro atoms. The van der Waals surface area contributed by atoms with Gasteiger partial charge in [0.05, 0.1) is 16.8 Å². The Labute approximate surface area is 144 Å². The summed E-state index contributed by atoms with van der Waals surface area (Å²) in [6.45, 7) is 10.5. The average molecular weight is 331 g/mol. The molecule has 24 heavy (non-hydrogen) atoms. The van der Waals surface area contributed by atoms with E-state index in [9.17, 15) is 9.90 Å². The van der Waals surface area contributed by atoms with E-state index in [0.29, 0.717) is 12.1 Å². The lowest BCUT2D eigenvalue weighted by atomic mass is 9.76. The standard InChI is InChI=1S/C18H26BNO4/c1-12-13(8-7-9-15(12)16(21)22)10-14(11-20-6)19-23-17(2,3)18(4,5)24-19/h7-10,20H,11H2,1-6H3,(H,21,22). The minimum absolute atomic E-state index is 0.307. The first-order chi connectivity index (χ1) is 11.1. The fourth-order valence-corrected chi connectivity index (χ4v) is 2.64. The zero-order chi connectivity index (χ0) is 18.1. The van der Waals surface area contributed by atoms with E-state index in [1.165, 1.54) is 0 Å². The molecule has 2 rings (SSSR count). The number of carboxylic acid groups (broad SMARTS) is 1. The van der Waals surface area contributed by atoms with E-state index in [0.717, 1.165) is 16.6 Å². The first-order valence-corrected chi connectivity index (χ1v) is 8.12. The van der Waals surface area contributed by atoms with Crippen LogP contribution >= 0.6 is 0 Å². The molecule has 6 heteroatoms. The van der Waals surface area contributed by atoms with E-state index in [1.54, 1.807) is 12.1 Å². The number of aromatic carboxylic acids is 1. The first kappa shape index (κ1) is 18.7. The van der Waals surface area contributed by atoms with Crippen LogP contribution in [0.4, 0.5) is 0 Å². The van der Waals surface area contributed by atoms with Crippen LogP contribution in [0.5, 0.6) is 0 Å². The Morgan fingerprint density at radius 2 is 1.83 bits per heavy atom. The van der Waals surface area contributed by atoms with E-state index in [4.69, 9.17) is 9.31 Å². The predicted octanol–water partition coefficient (Wildman–Crippen LogP) is 2.93. The van der Waals surface area contributed by atoms with Gasteiger partial charge in [-0.2, -0.15) is 0 Å². The molecule has 1 heterocycles. The summed E-state index contributed by atoms with van der Waals surface area (Å²) in [5.74, 6) is -0.923. The van der Waals surface area contributed by atoms with Crippen molar-refractivity contribution < 1.29 is 19.2 Å². The van der Waals surface area contributed by atoms with Crippen LogP contribution in [0.2, 0.25) is 0 Å². The van der Waals surface area contributed by atoms with Gasteiger partial charge in [0, 0.05) is 6.54 Å². The summed E-state index contributed by atoms with van der Waals surface area (Å²) >= 11 is 0. The molecule has 1 aliphatic heterocycles. The Morgan fingerprint density at radius 1 is 1.25 bits per heavy atom. The minimum Gasteiger partial charge on any atom is -0.478 e. The Hall–Kier alpha value is -1.63. The molecule has 130 valence electrons. The van der Waals surface area contributed by atoms with E-state index in [-0.39, 0.29) is 0 Å². The highest BCUT2D eigenvalue weighted by Gasteiger charge is 2.52. The van der Waals surface area contributed by atoms with Gasteiger partial charge in [-0.15, -0.1) is 0 Å². The van der Waals surface area contributed by atoms with E-state index < -0.39 is 24.3 Å². The number of rotatable bonds is 5. The number of nitrogens with one attached hydrogen (secondary N) is 1. The molecule has 1 aliphatic rings. The summed E-state index contributed by atoms with van der Waals surface area (Å²) in [4.78, 5) is 11.3. The fraction of sp³-hybridized carbons (Fsp3) is 0.500. The molecule has 1 aromatic rings. The third kappa shape index (κ3) is 3.56. The smallest absolute Gasteiger partial charge is 0.478 e. The van der Waals surface area contributed by atoms with Crippen molar-refractivity contribution in [3.63, 3.8) is 0 Å². The quantitative estimate of drug-likeness (QED) is 0.812. The summed E-state index contributed by atoms with van der Waals surface area (Å²) in [5.41, 5.74) is 2.00. The van der Waals surface area contributed by atoms with E-state index >= 15 is 0 Å². The Balaban J connectivity index is 2.41. The minimum atomic E-state index is -0.923. The number of carbonyl (C=O) groups is 1. The van der Waals surface area contributed by atoms with Crippen molar-refractivity contribution in [2.75, 3.05) is 13.6 Å². The summed E-state index contributed by atoms with van der Waals surface area (Å²) in [6.07, 6.45) is 1.96. The van der Waals surface area contributed by atoms with E-state index in [1.807, 2.05) is 53.8 Å². The largest absolute Gasteiger partial charge is 0.491 e. The third-order valence-electron chi connectivity index (χ3n) is 4.88. The topological polar surface area (TPSA) is 67.8 Å². The van der Waals surface area contributed by atoms with Gasteiger partial charge in [-0.05, 0) is 64.3 Å². The molecule has 2 N–H and O–H groups in total. The zero-order valence-electron chi connectivity index (χ0n) is 15.3.